The van der Waals surface area contributed by atoms with E-state index >= 15 is 0 Å². The van der Waals surface area contributed by atoms with Crippen molar-refractivity contribution in [2.45, 2.75) is 60.2 Å². The summed E-state index contributed by atoms with van der Waals surface area (Å²) in [5.41, 5.74) is 0. The number of carbonyl (C=O) groups is 2. The van der Waals surface area contributed by atoms with Crippen LogP contribution in [-0.2, 0) is 9.59 Å². The van der Waals surface area contributed by atoms with Crippen LogP contribution >= 0.6 is 0 Å². The Labute approximate surface area is 113 Å². The van der Waals surface area contributed by atoms with Gasteiger partial charge >= 0.3 is 113 Å². The van der Waals surface area contributed by atoms with E-state index in [0.29, 0.717) is 12.8 Å². The molecule has 5 heteroatoms. The van der Waals surface area contributed by atoms with Crippen molar-refractivity contribution in [3.05, 3.63) is 0 Å². The summed E-state index contributed by atoms with van der Waals surface area (Å²) in [6.45, 7) is 8.46. The number of rotatable bonds is 8. The van der Waals surface area contributed by atoms with Crippen molar-refractivity contribution in [2.75, 3.05) is 0 Å². The van der Waals surface area contributed by atoms with E-state index in [0.717, 1.165) is 0 Å². The van der Waals surface area contributed by atoms with E-state index < -0.39 is 33.1 Å². The van der Waals surface area contributed by atoms with Gasteiger partial charge in [0, 0.05) is 0 Å². The van der Waals surface area contributed by atoms with E-state index in [9.17, 15) is 9.59 Å². The second-order valence-electron chi connectivity index (χ2n) is 5.68. The number of aliphatic carboxylic acids is 2. The maximum absolute atomic E-state index is 10.6. The fourth-order valence-electron chi connectivity index (χ4n) is 1.88. The molecule has 0 fully saturated rings. The second-order valence-corrected chi connectivity index (χ2v) is 14.1. The third-order valence-electron chi connectivity index (χ3n) is 2.60. The summed E-state index contributed by atoms with van der Waals surface area (Å²) in [6.07, 6.45) is 1.82. The van der Waals surface area contributed by atoms with Crippen LogP contribution < -0.4 is 0 Å². The fraction of sp³-hybridized carbons (Fsp3) is 0.833. The van der Waals surface area contributed by atoms with Crippen LogP contribution in [0.2, 0.25) is 6.86 Å². The molecule has 0 saturated heterocycles. The number of carboxylic acid groups (broad SMARTS) is 2. The van der Waals surface area contributed by atoms with Crippen LogP contribution in [0.15, 0.2) is 0 Å². The quantitative estimate of drug-likeness (QED) is 0.661. The van der Waals surface area contributed by atoms with Gasteiger partial charge in [0.1, 0.15) is 0 Å². The Kier molecular flexibility index (Phi) is 6.51. The van der Waals surface area contributed by atoms with Crippen molar-refractivity contribution in [1.29, 1.82) is 0 Å². The van der Waals surface area contributed by atoms with E-state index in [4.69, 9.17) is 10.2 Å². The summed E-state index contributed by atoms with van der Waals surface area (Å²) in [5.74, 6) is -1.50. The van der Waals surface area contributed by atoms with Crippen LogP contribution in [0, 0.1) is 0 Å². The first-order valence-corrected chi connectivity index (χ1v) is 8.62. The molecular weight excluding hydrogens is 327 g/mol. The average Bonchev–Trinajstić information content (AvgIpc) is 2.10. The predicted octanol–water partition coefficient (Wildman–Crippen LogP) is 2.82. The molecule has 0 aromatic carbocycles. The molecule has 0 aliphatic rings. The van der Waals surface area contributed by atoms with Crippen LogP contribution in [0.25, 0.3) is 0 Å². The average molecular weight is 349 g/mol. The molecule has 0 heterocycles. The fourth-order valence-corrected chi connectivity index (χ4v) is 8.54. The molecule has 98 valence electrons. The Bertz CT molecular complexity index is 256. The number of hydrogen-bond donors (Lipinski definition) is 2. The van der Waals surface area contributed by atoms with Crippen LogP contribution in [0.5, 0.6) is 0 Å². The standard InChI is InChI=1S/2C6H11O2.Sn/c2*1-5(2)3-4-6(7)8;/h2*3-4H2,1-2H3,(H,7,8);. The van der Waals surface area contributed by atoms with Crippen LogP contribution in [0.4, 0.5) is 0 Å². The molecule has 0 aromatic heterocycles. The Balaban J connectivity index is 4.26. The monoisotopic (exact) mass is 350 g/mol. The van der Waals surface area contributed by atoms with Crippen LogP contribution in [0.1, 0.15) is 53.4 Å². The molecular formula is C12H22O4Sn. The van der Waals surface area contributed by atoms with Crippen molar-refractivity contribution in [3.63, 3.8) is 0 Å². The second kappa shape index (κ2) is 6.61. The zero-order valence-electron chi connectivity index (χ0n) is 11.0. The molecule has 0 saturated carbocycles. The first-order chi connectivity index (χ1) is 7.54. The van der Waals surface area contributed by atoms with Crippen molar-refractivity contribution < 1.29 is 19.8 Å². The summed E-state index contributed by atoms with van der Waals surface area (Å²) in [5, 5.41) is 17.4. The van der Waals surface area contributed by atoms with Gasteiger partial charge in [0.25, 0.3) is 0 Å². The van der Waals surface area contributed by atoms with Gasteiger partial charge in [0.2, 0.25) is 0 Å². The third-order valence-corrected chi connectivity index (χ3v) is 7.89. The molecule has 2 radical (unpaired) electrons. The molecule has 2 N–H and O–H groups in total. The van der Waals surface area contributed by atoms with Crippen LogP contribution in [0.3, 0.4) is 0 Å². The van der Waals surface area contributed by atoms with Gasteiger partial charge < -0.3 is 0 Å². The van der Waals surface area contributed by atoms with E-state index in [2.05, 4.69) is 27.7 Å². The molecule has 0 amide bonds. The molecule has 0 spiro atoms. The van der Waals surface area contributed by atoms with Gasteiger partial charge in [-0.2, -0.15) is 0 Å². The summed E-state index contributed by atoms with van der Waals surface area (Å²) in [6, 6.07) is 0. The van der Waals surface area contributed by atoms with Crippen molar-refractivity contribution >= 4 is 33.1 Å². The van der Waals surface area contributed by atoms with Gasteiger partial charge in [-0.05, 0) is 0 Å². The summed E-state index contributed by atoms with van der Waals surface area (Å²) >= 11 is -0.854. The topological polar surface area (TPSA) is 74.6 Å². The van der Waals surface area contributed by atoms with Crippen molar-refractivity contribution in [3.8, 4) is 0 Å². The normalized spacial score (nSPS) is 12.5. The molecule has 0 atom stereocenters. The Morgan fingerprint density at radius 3 is 1.41 bits per heavy atom. The van der Waals surface area contributed by atoms with Crippen molar-refractivity contribution in [1.82, 2.24) is 0 Å². The molecule has 0 bridgehead atoms. The Hall–Kier alpha value is -0.261. The van der Waals surface area contributed by atoms with E-state index in [1.807, 2.05) is 0 Å². The molecule has 0 aromatic rings. The van der Waals surface area contributed by atoms with Gasteiger partial charge in [-0.3, -0.25) is 0 Å². The molecule has 0 aliphatic carbocycles. The summed E-state index contributed by atoms with van der Waals surface area (Å²) in [4.78, 5) is 21.1. The van der Waals surface area contributed by atoms with Crippen LogP contribution in [-0.4, -0.2) is 43.3 Å². The summed E-state index contributed by atoms with van der Waals surface area (Å²) < 4.78 is 0.202. The minimum absolute atomic E-state index is 0.101. The molecule has 0 aliphatic heterocycles. The van der Waals surface area contributed by atoms with E-state index in [-0.39, 0.29) is 19.7 Å². The Morgan fingerprint density at radius 1 is 0.882 bits per heavy atom. The number of hydrogen-bond acceptors (Lipinski definition) is 2. The summed E-state index contributed by atoms with van der Waals surface area (Å²) in [7, 11) is 0. The first-order valence-electron chi connectivity index (χ1n) is 5.77. The molecule has 0 rings (SSSR count). The van der Waals surface area contributed by atoms with Gasteiger partial charge in [-0.15, -0.1) is 0 Å². The number of carboxylic acids is 2. The molecule has 4 nitrogen and oxygen atoms in total. The predicted molar refractivity (Wildman–Crippen MR) is 67.6 cm³/mol. The Morgan fingerprint density at radius 2 is 1.18 bits per heavy atom. The van der Waals surface area contributed by atoms with Gasteiger partial charge in [-0.25, -0.2) is 0 Å². The SMILES string of the molecule is C[C](C)(CCC(=O)O)[Sn][C](C)(C)CCC(=O)O. The van der Waals surface area contributed by atoms with Gasteiger partial charge in [-0.1, -0.05) is 0 Å². The van der Waals surface area contributed by atoms with E-state index in [1.54, 1.807) is 0 Å². The zero-order valence-corrected chi connectivity index (χ0v) is 13.9. The molecule has 17 heavy (non-hydrogen) atoms. The minimum atomic E-state index is -0.854. The molecule has 0 unspecified atom stereocenters. The van der Waals surface area contributed by atoms with Gasteiger partial charge in [0.05, 0.1) is 0 Å². The maximum atomic E-state index is 10.6. The van der Waals surface area contributed by atoms with Gasteiger partial charge in [0.15, 0.2) is 0 Å². The zero-order chi connectivity index (χ0) is 13.7. The van der Waals surface area contributed by atoms with Crippen molar-refractivity contribution in [2.24, 2.45) is 0 Å². The van der Waals surface area contributed by atoms with E-state index in [1.165, 1.54) is 0 Å². The third kappa shape index (κ3) is 9.44. The first kappa shape index (κ1) is 16.7.